The van der Waals surface area contributed by atoms with Crippen molar-refractivity contribution >= 4 is 49.1 Å². The largest absolute Gasteiger partial charge is 0.336 e. The fraction of sp³-hybridized carbons (Fsp3) is 0.136. The molecule has 1 amide bonds. The lowest BCUT2D eigenvalue weighted by molar-refractivity contribution is -0.116. The Bertz CT molecular complexity index is 1400. The van der Waals surface area contributed by atoms with Crippen LogP contribution >= 0.6 is 27.3 Å². The monoisotopic (exact) mass is 483 g/mol. The first-order valence-corrected chi connectivity index (χ1v) is 10.9. The molecule has 0 saturated heterocycles. The molecule has 30 heavy (non-hydrogen) atoms. The zero-order valence-electron chi connectivity index (χ0n) is 16.3. The van der Waals surface area contributed by atoms with Gasteiger partial charge in [0.2, 0.25) is 5.91 Å². The number of aryl methyl sites for hydroxylation is 2. The van der Waals surface area contributed by atoms with Gasteiger partial charge >= 0.3 is 5.69 Å². The first-order chi connectivity index (χ1) is 14.3. The molecule has 0 spiro atoms. The first kappa shape index (κ1) is 20.3. The van der Waals surface area contributed by atoms with Crippen LogP contribution in [-0.4, -0.2) is 15.0 Å². The van der Waals surface area contributed by atoms with Crippen LogP contribution in [-0.2, 0) is 11.3 Å². The number of hydrogen-bond acceptors (Lipinski definition) is 4. The third-order valence-corrected chi connectivity index (χ3v) is 6.16. The van der Waals surface area contributed by atoms with Gasteiger partial charge in [-0.15, -0.1) is 11.3 Å². The van der Waals surface area contributed by atoms with E-state index in [4.69, 9.17) is 0 Å². The van der Waals surface area contributed by atoms with Crippen LogP contribution in [0.15, 0.2) is 68.0 Å². The van der Waals surface area contributed by atoms with E-state index >= 15 is 0 Å². The highest BCUT2D eigenvalue weighted by Gasteiger charge is 2.18. The maximum Gasteiger partial charge on any atom is 0.336 e. The molecule has 0 unspecified atom stereocenters. The molecule has 0 bridgehead atoms. The van der Waals surface area contributed by atoms with E-state index < -0.39 is 5.69 Å². The van der Waals surface area contributed by atoms with E-state index in [1.54, 1.807) is 23.6 Å². The number of benzene rings is 2. The van der Waals surface area contributed by atoms with Gasteiger partial charge in [-0.2, -0.15) is 0 Å². The maximum atomic E-state index is 13.4. The Kier molecular flexibility index (Phi) is 5.44. The molecule has 0 fully saturated rings. The summed E-state index contributed by atoms with van der Waals surface area (Å²) in [5.74, 6) is -0.353. The van der Waals surface area contributed by atoms with Crippen LogP contribution in [0.3, 0.4) is 0 Å². The Hall–Kier alpha value is -2.97. The highest BCUT2D eigenvalue weighted by atomic mass is 79.9. The summed E-state index contributed by atoms with van der Waals surface area (Å²) in [5, 5.41) is 4.55. The van der Waals surface area contributed by atoms with Gasteiger partial charge in [0.05, 0.1) is 11.2 Å². The number of anilines is 1. The van der Waals surface area contributed by atoms with Crippen molar-refractivity contribution in [1.29, 1.82) is 0 Å². The normalized spacial score (nSPS) is 11.0. The number of fused-ring (bicyclic) bond motifs is 1. The predicted molar refractivity (Wildman–Crippen MR) is 124 cm³/mol. The second kappa shape index (κ2) is 8.04. The zero-order chi connectivity index (χ0) is 21.4. The van der Waals surface area contributed by atoms with Crippen LogP contribution in [0, 0.1) is 13.8 Å². The van der Waals surface area contributed by atoms with E-state index in [0.717, 1.165) is 20.2 Å². The summed E-state index contributed by atoms with van der Waals surface area (Å²) in [6.07, 6.45) is 0. The Morgan fingerprint density at radius 2 is 1.90 bits per heavy atom. The van der Waals surface area contributed by atoms with Gasteiger partial charge in [0.1, 0.15) is 11.2 Å². The molecule has 4 aromatic rings. The lowest BCUT2D eigenvalue weighted by Gasteiger charge is -2.14. The van der Waals surface area contributed by atoms with Gasteiger partial charge in [-0.05, 0) is 60.7 Å². The molecule has 0 radical (unpaired) electrons. The molecule has 0 aliphatic rings. The van der Waals surface area contributed by atoms with Gasteiger partial charge < -0.3 is 5.32 Å². The number of aromatic nitrogens is 2. The van der Waals surface area contributed by atoms with Crippen molar-refractivity contribution in [3.05, 3.63) is 90.3 Å². The highest BCUT2D eigenvalue weighted by molar-refractivity contribution is 9.10. The SMILES string of the molecule is Cc1ccc(C)c(-n2c(=O)c3sccc3n(CC(=O)Nc3cccc(Br)c3)c2=O)c1. The molecule has 4 rings (SSSR count). The minimum absolute atomic E-state index is 0.205. The average molecular weight is 484 g/mol. The molecule has 1 N–H and O–H groups in total. The summed E-state index contributed by atoms with van der Waals surface area (Å²) in [4.78, 5) is 39.1. The summed E-state index contributed by atoms with van der Waals surface area (Å²) >= 11 is 4.63. The van der Waals surface area contributed by atoms with Gasteiger partial charge in [0.25, 0.3) is 5.56 Å². The summed E-state index contributed by atoms with van der Waals surface area (Å²) < 4.78 is 3.78. The van der Waals surface area contributed by atoms with Gasteiger partial charge in [0.15, 0.2) is 0 Å². The summed E-state index contributed by atoms with van der Waals surface area (Å²) in [7, 11) is 0. The van der Waals surface area contributed by atoms with Crippen LogP contribution in [0.25, 0.3) is 15.9 Å². The number of amides is 1. The molecular weight excluding hydrogens is 466 g/mol. The van der Waals surface area contributed by atoms with E-state index in [2.05, 4.69) is 21.2 Å². The molecule has 2 heterocycles. The van der Waals surface area contributed by atoms with Gasteiger partial charge in [-0.1, -0.05) is 34.1 Å². The van der Waals surface area contributed by atoms with Crippen LogP contribution in [0.1, 0.15) is 11.1 Å². The number of carbonyl (C=O) groups excluding carboxylic acids is 1. The topological polar surface area (TPSA) is 73.1 Å². The molecule has 152 valence electrons. The van der Waals surface area contributed by atoms with Crippen LogP contribution < -0.4 is 16.6 Å². The standard InChI is InChI=1S/C22H18BrN3O3S/c1-13-6-7-14(2)18(10-13)26-21(28)20-17(8-9-30-20)25(22(26)29)12-19(27)24-16-5-3-4-15(23)11-16/h3-11H,12H2,1-2H3,(H,24,27). The number of nitrogens with one attached hydrogen (secondary N) is 1. The van der Waals surface area contributed by atoms with E-state index in [1.807, 2.05) is 44.2 Å². The minimum atomic E-state index is -0.538. The van der Waals surface area contributed by atoms with E-state index in [1.165, 1.54) is 15.9 Å². The van der Waals surface area contributed by atoms with Crippen molar-refractivity contribution in [2.45, 2.75) is 20.4 Å². The van der Waals surface area contributed by atoms with Gasteiger partial charge in [-0.3, -0.25) is 14.2 Å². The molecule has 2 aromatic heterocycles. The number of rotatable bonds is 4. The smallest absolute Gasteiger partial charge is 0.324 e. The summed E-state index contributed by atoms with van der Waals surface area (Å²) in [6, 6.07) is 14.5. The van der Waals surface area contributed by atoms with Crippen LogP contribution in [0.4, 0.5) is 5.69 Å². The second-order valence-electron chi connectivity index (χ2n) is 6.99. The van der Waals surface area contributed by atoms with E-state index in [-0.39, 0.29) is 18.0 Å². The fourth-order valence-corrected chi connectivity index (χ4v) is 4.55. The Balaban J connectivity index is 1.83. The molecule has 6 nitrogen and oxygen atoms in total. The van der Waals surface area contributed by atoms with Gasteiger partial charge in [0, 0.05) is 10.2 Å². The quantitative estimate of drug-likeness (QED) is 0.471. The van der Waals surface area contributed by atoms with Crippen molar-refractivity contribution in [3.63, 3.8) is 0 Å². The Labute approximate surface area is 184 Å². The highest BCUT2D eigenvalue weighted by Crippen LogP contribution is 2.19. The van der Waals surface area contributed by atoms with E-state index in [9.17, 15) is 14.4 Å². The number of thiophene rings is 1. The Morgan fingerprint density at radius 3 is 2.67 bits per heavy atom. The van der Waals surface area contributed by atoms with Crippen molar-refractivity contribution in [3.8, 4) is 5.69 Å². The number of carbonyl (C=O) groups is 1. The van der Waals surface area contributed by atoms with Crippen molar-refractivity contribution in [2.75, 3.05) is 5.32 Å². The zero-order valence-corrected chi connectivity index (χ0v) is 18.7. The minimum Gasteiger partial charge on any atom is -0.324 e. The fourth-order valence-electron chi connectivity index (χ4n) is 3.32. The predicted octanol–water partition coefficient (Wildman–Crippen LogP) is 4.23. The lowest BCUT2D eigenvalue weighted by atomic mass is 10.1. The van der Waals surface area contributed by atoms with Crippen molar-refractivity contribution in [1.82, 2.24) is 9.13 Å². The molecule has 0 saturated carbocycles. The lowest BCUT2D eigenvalue weighted by Crippen LogP contribution is -2.40. The van der Waals surface area contributed by atoms with Crippen molar-refractivity contribution < 1.29 is 4.79 Å². The Morgan fingerprint density at radius 1 is 1.10 bits per heavy atom. The molecule has 2 aromatic carbocycles. The molecule has 0 atom stereocenters. The molecule has 8 heteroatoms. The summed E-state index contributed by atoms with van der Waals surface area (Å²) in [5.41, 5.74) is 2.44. The third-order valence-electron chi connectivity index (χ3n) is 4.77. The number of halogens is 1. The molecule has 0 aliphatic heterocycles. The number of nitrogens with zero attached hydrogens (tertiary/aromatic N) is 2. The van der Waals surface area contributed by atoms with Crippen LogP contribution in [0.2, 0.25) is 0 Å². The van der Waals surface area contributed by atoms with Crippen molar-refractivity contribution in [2.24, 2.45) is 0 Å². The first-order valence-electron chi connectivity index (χ1n) is 9.21. The summed E-state index contributed by atoms with van der Waals surface area (Å²) in [6.45, 7) is 3.55. The van der Waals surface area contributed by atoms with Gasteiger partial charge in [-0.25, -0.2) is 9.36 Å². The third kappa shape index (κ3) is 3.76. The average Bonchev–Trinajstić information content (AvgIpc) is 3.18. The van der Waals surface area contributed by atoms with Crippen LogP contribution in [0.5, 0.6) is 0 Å². The maximum absolute atomic E-state index is 13.4. The van der Waals surface area contributed by atoms with E-state index in [0.29, 0.717) is 21.6 Å². The molecular formula is C22H18BrN3O3S. The molecule has 0 aliphatic carbocycles. The second-order valence-corrected chi connectivity index (χ2v) is 8.82. The number of hydrogen-bond donors (Lipinski definition) is 1.